The van der Waals surface area contributed by atoms with Crippen LogP contribution in [-0.4, -0.2) is 46.2 Å². The molecule has 3 fully saturated rings. The van der Waals surface area contributed by atoms with Gasteiger partial charge >= 0.3 is 5.97 Å². The molecule has 20 heavy (non-hydrogen) atoms. The summed E-state index contributed by atoms with van der Waals surface area (Å²) in [5.74, 6) is -1.03. The fourth-order valence-corrected chi connectivity index (χ4v) is 3.53. The largest absolute Gasteiger partial charge is 0.458 e. The highest BCUT2D eigenvalue weighted by Gasteiger charge is 2.54. The number of fused-ring (bicyclic) bond motifs is 3. The van der Waals surface area contributed by atoms with Crippen molar-refractivity contribution in [3.05, 3.63) is 24.3 Å². The third-order valence-corrected chi connectivity index (χ3v) is 4.76. The molecule has 0 amide bonds. The molecule has 110 valence electrons. The Bertz CT molecular complexity index is 481. The maximum Gasteiger partial charge on any atom is 0.334 e. The molecule has 3 rings (SSSR count). The molecule has 6 unspecified atom stereocenters. The fourth-order valence-electron chi connectivity index (χ4n) is 3.53. The van der Waals surface area contributed by atoms with Gasteiger partial charge in [0.1, 0.15) is 12.2 Å². The second-order valence-corrected chi connectivity index (χ2v) is 6.29. The predicted molar refractivity (Wildman–Crippen MR) is 70.8 cm³/mol. The second kappa shape index (κ2) is 4.41. The first-order valence-corrected chi connectivity index (χ1v) is 6.94. The minimum atomic E-state index is -1.13. The van der Waals surface area contributed by atoms with Crippen molar-refractivity contribution in [2.75, 3.05) is 0 Å². The van der Waals surface area contributed by atoms with E-state index >= 15 is 0 Å². The first-order chi connectivity index (χ1) is 9.31. The van der Waals surface area contributed by atoms with Gasteiger partial charge < -0.3 is 19.7 Å². The van der Waals surface area contributed by atoms with E-state index in [1.54, 1.807) is 6.92 Å². The fraction of sp³-hybridized carbons (Fsp3) is 0.667. The van der Waals surface area contributed by atoms with Crippen LogP contribution < -0.4 is 0 Å². The number of esters is 1. The van der Waals surface area contributed by atoms with Crippen LogP contribution in [0, 0.1) is 5.92 Å². The van der Waals surface area contributed by atoms with Crippen LogP contribution in [0.2, 0.25) is 0 Å². The van der Waals surface area contributed by atoms with Gasteiger partial charge in [-0.2, -0.15) is 0 Å². The molecule has 3 aliphatic heterocycles. The monoisotopic (exact) mass is 280 g/mol. The number of aliphatic hydroxyl groups excluding tert-OH is 1. The zero-order valence-electron chi connectivity index (χ0n) is 11.5. The molecule has 2 bridgehead atoms. The first-order valence-electron chi connectivity index (χ1n) is 6.94. The minimum absolute atomic E-state index is 0.205. The van der Waals surface area contributed by atoms with Crippen LogP contribution in [0.15, 0.2) is 24.3 Å². The van der Waals surface area contributed by atoms with Crippen molar-refractivity contribution in [1.82, 2.24) is 0 Å². The summed E-state index contributed by atoms with van der Waals surface area (Å²) in [4.78, 5) is 11.7. The van der Waals surface area contributed by atoms with E-state index in [9.17, 15) is 15.0 Å². The van der Waals surface area contributed by atoms with Gasteiger partial charge in [-0.05, 0) is 25.3 Å². The normalized spacial score (nSPS) is 48.4. The predicted octanol–water partition coefficient (Wildman–Crippen LogP) is 0.704. The smallest absolute Gasteiger partial charge is 0.334 e. The van der Waals surface area contributed by atoms with E-state index in [-0.39, 0.29) is 11.7 Å². The third-order valence-electron chi connectivity index (χ3n) is 4.76. The molecule has 0 aromatic heterocycles. The van der Waals surface area contributed by atoms with Crippen LogP contribution >= 0.6 is 0 Å². The second-order valence-electron chi connectivity index (χ2n) is 6.29. The van der Waals surface area contributed by atoms with Crippen molar-refractivity contribution in [2.45, 2.75) is 56.2 Å². The molecule has 5 nitrogen and oxygen atoms in total. The average Bonchev–Trinajstić information content (AvgIpc) is 2.62. The minimum Gasteiger partial charge on any atom is -0.458 e. The van der Waals surface area contributed by atoms with Crippen LogP contribution in [0.4, 0.5) is 0 Å². The van der Waals surface area contributed by atoms with Gasteiger partial charge in [-0.15, -0.1) is 0 Å². The summed E-state index contributed by atoms with van der Waals surface area (Å²) in [6.07, 6.45) is -0.796. The zero-order valence-corrected chi connectivity index (χ0v) is 11.5. The van der Waals surface area contributed by atoms with E-state index in [0.29, 0.717) is 19.3 Å². The Kier molecular flexibility index (Phi) is 3.04. The molecular weight excluding hydrogens is 260 g/mol. The quantitative estimate of drug-likeness (QED) is 0.388. The number of hydrogen-bond donors (Lipinski definition) is 2. The van der Waals surface area contributed by atoms with Gasteiger partial charge in [-0.25, -0.2) is 4.79 Å². The summed E-state index contributed by atoms with van der Waals surface area (Å²) in [6, 6.07) is 0. The molecule has 5 heteroatoms. The van der Waals surface area contributed by atoms with Gasteiger partial charge in [0.15, 0.2) is 0 Å². The first kappa shape index (κ1) is 13.8. The number of ether oxygens (including phenoxy) is 2. The highest BCUT2D eigenvalue weighted by Crippen LogP contribution is 2.43. The summed E-state index contributed by atoms with van der Waals surface area (Å²) in [5.41, 5.74) is -0.0436. The third kappa shape index (κ3) is 1.92. The molecule has 0 radical (unpaired) electrons. The molecule has 3 saturated heterocycles. The highest BCUT2D eigenvalue weighted by atomic mass is 16.6. The van der Waals surface area contributed by atoms with Gasteiger partial charge in [0.2, 0.25) is 0 Å². The Hall–Kier alpha value is -1.17. The topological polar surface area (TPSA) is 76.0 Å². The Morgan fingerprint density at radius 3 is 2.80 bits per heavy atom. The molecule has 0 saturated carbocycles. The van der Waals surface area contributed by atoms with Gasteiger partial charge in [0.25, 0.3) is 0 Å². The SMILES string of the molecule is C=C1CC2OC(=O)C(=C)C2C(O)C2OC1CCC2(C)O. The number of rotatable bonds is 0. The van der Waals surface area contributed by atoms with Crippen molar-refractivity contribution in [3.8, 4) is 0 Å². The van der Waals surface area contributed by atoms with E-state index in [1.807, 2.05) is 0 Å². The number of aliphatic hydroxyl groups is 2. The van der Waals surface area contributed by atoms with E-state index in [2.05, 4.69) is 13.2 Å². The van der Waals surface area contributed by atoms with Crippen molar-refractivity contribution < 1.29 is 24.5 Å². The standard InChI is InChI=1S/C15H20O5/c1-7-6-10-11(8(2)14(17)20-10)12(16)13-15(3,18)5-4-9(7)19-13/h9-13,16,18H,1-2,4-6H2,3H3. The maximum atomic E-state index is 11.7. The Labute approximate surface area is 117 Å². The summed E-state index contributed by atoms with van der Waals surface area (Å²) in [5, 5.41) is 21.1. The summed E-state index contributed by atoms with van der Waals surface area (Å²) in [6.45, 7) is 9.38. The van der Waals surface area contributed by atoms with Crippen molar-refractivity contribution in [2.24, 2.45) is 5.92 Å². The molecule has 0 aromatic rings. The summed E-state index contributed by atoms with van der Waals surface area (Å²) >= 11 is 0. The van der Waals surface area contributed by atoms with Gasteiger partial charge in [0.05, 0.1) is 23.7 Å². The summed E-state index contributed by atoms with van der Waals surface area (Å²) < 4.78 is 11.1. The molecule has 0 spiro atoms. The van der Waals surface area contributed by atoms with Crippen LogP contribution in [-0.2, 0) is 14.3 Å². The maximum absolute atomic E-state index is 11.7. The molecule has 2 N–H and O–H groups in total. The molecule has 6 atom stereocenters. The van der Waals surface area contributed by atoms with Gasteiger partial charge in [-0.3, -0.25) is 0 Å². The summed E-state index contributed by atoms with van der Waals surface area (Å²) in [7, 11) is 0. The molecular formula is C15H20O5. The van der Waals surface area contributed by atoms with Crippen LogP contribution in [0.5, 0.6) is 0 Å². The van der Waals surface area contributed by atoms with E-state index in [0.717, 1.165) is 5.57 Å². The van der Waals surface area contributed by atoms with Gasteiger partial charge in [0, 0.05) is 12.0 Å². The van der Waals surface area contributed by atoms with Crippen LogP contribution in [0.3, 0.4) is 0 Å². The highest BCUT2D eigenvalue weighted by molar-refractivity contribution is 5.91. The lowest BCUT2D eigenvalue weighted by atomic mass is 9.74. The van der Waals surface area contributed by atoms with Crippen molar-refractivity contribution in [3.63, 3.8) is 0 Å². The lowest BCUT2D eigenvalue weighted by Crippen LogP contribution is -2.58. The van der Waals surface area contributed by atoms with Crippen LogP contribution in [0.25, 0.3) is 0 Å². The lowest BCUT2D eigenvalue weighted by molar-refractivity contribution is -0.210. The zero-order chi connectivity index (χ0) is 14.7. The number of carbonyl (C=O) groups is 1. The van der Waals surface area contributed by atoms with Crippen molar-refractivity contribution in [1.29, 1.82) is 0 Å². The molecule has 0 aliphatic carbocycles. The average molecular weight is 280 g/mol. The number of hydrogen-bond acceptors (Lipinski definition) is 5. The lowest BCUT2D eigenvalue weighted by Gasteiger charge is -2.47. The van der Waals surface area contributed by atoms with E-state index in [1.165, 1.54) is 0 Å². The number of carbonyl (C=O) groups excluding carboxylic acids is 1. The van der Waals surface area contributed by atoms with Gasteiger partial charge in [-0.1, -0.05) is 13.2 Å². The van der Waals surface area contributed by atoms with E-state index < -0.39 is 35.8 Å². The Balaban J connectivity index is 1.99. The molecule has 3 heterocycles. The Morgan fingerprint density at radius 2 is 2.10 bits per heavy atom. The van der Waals surface area contributed by atoms with Crippen molar-refractivity contribution >= 4 is 5.97 Å². The van der Waals surface area contributed by atoms with E-state index in [4.69, 9.17) is 9.47 Å². The Morgan fingerprint density at radius 1 is 1.40 bits per heavy atom. The molecule has 0 aromatic carbocycles. The molecule has 3 aliphatic rings. The van der Waals surface area contributed by atoms with Crippen LogP contribution in [0.1, 0.15) is 26.2 Å².